The highest BCUT2D eigenvalue weighted by Crippen LogP contribution is 2.38. The highest BCUT2D eigenvalue weighted by Gasteiger charge is 2.17. The first-order valence-electron chi connectivity index (χ1n) is 16.0. The van der Waals surface area contributed by atoms with E-state index in [0.29, 0.717) is 5.82 Å². The lowest BCUT2D eigenvalue weighted by Crippen LogP contribution is -1.99. The largest absolute Gasteiger partial charge is 0.228 e. The third kappa shape index (κ3) is 5.20. The van der Waals surface area contributed by atoms with E-state index in [9.17, 15) is 0 Å². The number of fused-ring (bicyclic) bond motifs is 4. The maximum absolute atomic E-state index is 5.28. The Morgan fingerprint density at radius 3 is 1.74 bits per heavy atom. The van der Waals surface area contributed by atoms with Gasteiger partial charge in [0, 0.05) is 16.7 Å². The van der Waals surface area contributed by atoms with Gasteiger partial charge in [-0.05, 0) is 79.7 Å². The van der Waals surface area contributed by atoms with E-state index in [1.54, 1.807) is 0 Å². The minimum absolute atomic E-state index is 0.699. The Labute approximate surface area is 275 Å². The van der Waals surface area contributed by atoms with Gasteiger partial charge in [0.05, 0.1) is 11.4 Å². The molecule has 0 bridgehead atoms. The van der Waals surface area contributed by atoms with Crippen molar-refractivity contribution < 1.29 is 0 Å². The summed E-state index contributed by atoms with van der Waals surface area (Å²) < 4.78 is 0. The first kappa shape index (κ1) is 28.4. The number of hydrogen-bond acceptors (Lipinski definition) is 2. The van der Waals surface area contributed by atoms with Crippen molar-refractivity contribution >= 4 is 38.4 Å². The maximum Gasteiger partial charge on any atom is 0.160 e. The molecule has 2 nitrogen and oxygen atoms in total. The first-order chi connectivity index (χ1) is 23.2. The Bertz CT molecular complexity index is 2470. The second kappa shape index (κ2) is 12.0. The molecule has 1 heterocycles. The van der Waals surface area contributed by atoms with Crippen molar-refractivity contribution in [3.05, 3.63) is 175 Å². The molecule has 0 amide bonds. The molecule has 0 N–H and O–H groups in total. The van der Waals surface area contributed by atoms with Crippen molar-refractivity contribution in [2.45, 2.75) is 6.92 Å². The van der Waals surface area contributed by atoms with Crippen molar-refractivity contribution in [3.8, 4) is 45.0 Å². The van der Waals surface area contributed by atoms with Crippen LogP contribution in [0.4, 0.5) is 0 Å². The maximum atomic E-state index is 5.28. The van der Waals surface area contributed by atoms with E-state index in [1.807, 2.05) is 18.2 Å². The van der Waals surface area contributed by atoms with Crippen molar-refractivity contribution in [2.75, 3.05) is 0 Å². The second-order valence-electron chi connectivity index (χ2n) is 11.9. The van der Waals surface area contributed by atoms with Crippen LogP contribution >= 0.6 is 0 Å². The van der Waals surface area contributed by atoms with Gasteiger partial charge in [0.2, 0.25) is 0 Å². The van der Waals surface area contributed by atoms with Gasteiger partial charge in [0.15, 0.2) is 5.82 Å². The molecule has 2 heteroatoms. The molecule has 0 saturated carbocycles. The molecule has 0 aliphatic rings. The van der Waals surface area contributed by atoms with Crippen molar-refractivity contribution in [2.24, 2.45) is 0 Å². The number of allylic oxidation sites excluding steroid dienone is 2. The zero-order valence-corrected chi connectivity index (χ0v) is 26.2. The van der Waals surface area contributed by atoms with Gasteiger partial charge in [-0.15, -0.1) is 0 Å². The van der Waals surface area contributed by atoms with Gasteiger partial charge >= 0.3 is 0 Å². The second-order valence-corrected chi connectivity index (χ2v) is 11.9. The van der Waals surface area contributed by atoms with Gasteiger partial charge in [-0.1, -0.05) is 152 Å². The zero-order chi connectivity index (χ0) is 31.7. The summed E-state index contributed by atoms with van der Waals surface area (Å²) >= 11 is 0. The van der Waals surface area contributed by atoms with E-state index in [4.69, 9.17) is 9.97 Å². The van der Waals surface area contributed by atoms with Crippen molar-refractivity contribution in [3.63, 3.8) is 0 Å². The summed E-state index contributed by atoms with van der Waals surface area (Å²) in [4.78, 5) is 10.6. The molecule has 8 aromatic rings. The lowest BCUT2D eigenvalue weighted by Gasteiger charge is -2.16. The molecule has 0 aliphatic carbocycles. The van der Waals surface area contributed by atoms with Gasteiger partial charge in [0.25, 0.3) is 0 Å². The molecule has 7 aromatic carbocycles. The number of benzene rings is 7. The fourth-order valence-corrected chi connectivity index (χ4v) is 6.68. The molecule has 0 radical (unpaired) electrons. The Hall–Kier alpha value is -6.12. The van der Waals surface area contributed by atoms with Crippen LogP contribution in [-0.2, 0) is 0 Å². The Balaban J connectivity index is 1.39. The molecule has 0 unspecified atom stereocenters. The molecule has 0 spiro atoms. The lowest BCUT2D eigenvalue weighted by molar-refractivity contribution is 1.18. The summed E-state index contributed by atoms with van der Waals surface area (Å²) in [6.07, 6.45) is 5.98. The van der Waals surface area contributed by atoms with Crippen molar-refractivity contribution in [1.82, 2.24) is 9.97 Å². The summed E-state index contributed by atoms with van der Waals surface area (Å²) in [5, 5.41) is 7.19. The van der Waals surface area contributed by atoms with E-state index in [1.165, 1.54) is 49.0 Å². The predicted molar refractivity (Wildman–Crippen MR) is 200 cm³/mol. The first-order valence-corrected chi connectivity index (χ1v) is 16.0. The number of rotatable bonds is 6. The number of aromatic nitrogens is 2. The lowest BCUT2D eigenvalue weighted by atomic mass is 9.91. The molecule has 0 atom stereocenters. The van der Waals surface area contributed by atoms with Gasteiger partial charge in [-0.3, -0.25) is 0 Å². The average Bonchev–Trinajstić information content (AvgIpc) is 3.14. The van der Waals surface area contributed by atoms with E-state index in [-0.39, 0.29) is 0 Å². The van der Waals surface area contributed by atoms with Crippen LogP contribution in [0.25, 0.3) is 83.4 Å². The zero-order valence-electron chi connectivity index (χ0n) is 26.2. The normalized spacial score (nSPS) is 11.5. The van der Waals surface area contributed by atoms with E-state index < -0.39 is 0 Å². The van der Waals surface area contributed by atoms with E-state index >= 15 is 0 Å². The Morgan fingerprint density at radius 1 is 0.489 bits per heavy atom. The van der Waals surface area contributed by atoms with Crippen LogP contribution in [0.5, 0.6) is 0 Å². The summed E-state index contributed by atoms with van der Waals surface area (Å²) in [5.74, 6) is 0.699. The quantitative estimate of drug-likeness (QED) is 0.140. The van der Waals surface area contributed by atoms with Crippen LogP contribution in [0.3, 0.4) is 0 Å². The smallest absolute Gasteiger partial charge is 0.160 e. The highest BCUT2D eigenvalue weighted by atomic mass is 14.9. The molecule has 222 valence electrons. The van der Waals surface area contributed by atoms with Crippen LogP contribution in [0.15, 0.2) is 164 Å². The fourth-order valence-electron chi connectivity index (χ4n) is 6.68. The van der Waals surface area contributed by atoms with Gasteiger partial charge in [0.1, 0.15) is 0 Å². The van der Waals surface area contributed by atoms with Gasteiger partial charge in [-0.2, -0.15) is 0 Å². The van der Waals surface area contributed by atoms with E-state index in [0.717, 1.165) is 33.6 Å². The molecule has 1 aromatic heterocycles. The monoisotopic (exact) mass is 600 g/mol. The van der Waals surface area contributed by atoms with Gasteiger partial charge in [-0.25, -0.2) is 9.97 Å². The van der Waals surface area contributed by atoms with Crippen LogP contribution < -0.4 is 0 Å². The minimum atomic E-state index is 0.699. The number of hydrogen-bond donors (Lipinski definition) is 0. The average molecular weight is 601 g/mol. The molecular weight excluding hydrogens is 569 g/mol. The third-order valence-electron chi connectivity index (χ3n) is 9.05. The molecule has 0 fully saturated rings. The fraction of sp³-hybridized carbons (Fsp3) is 0.0222. The third-order valence-corrected chi connectivity index (χ3v) is 9.05. The summed E-state index contributed by atoms with van der Waals surface area (Å²) in [6.45, 7) is 6.11. The molecule has 47 heavy (non-hydrogen) atoms. The highest BCUT2D eigenvalue weighted by molar-refractivity contribution is 6.13. The molecule has 8 rings (SSSR count). The van der Waals surface area contributed by atoms with E-state index in [2.05, 4.69) is 159 Å². The van der Waals surface area contributed by atoms with Crippen LogP contribution in [0.1, 0.15) is 11.1 Å². The summed E-state index contributed by atoms with van der Waals surface area (Å²) in [7, 11) is 0. The molecule has 0 saturated heterocycles. The summed E-state index contributed by atoms with van der Waals surface area (Å²) in [6, 6.07) is 51.5. The Morgan fingerprint density at radius 2 is 1.02 bits per heavy atom. The number of nitrogens with zero attached hydrogens (tertiary/aromatic N) is 2. The topological polar surface area (TPSA) is 25.8 Å². The van der Waals surface area contributed by atoms with Crippen LogP contribution in [0, 0.1) is 6.92 Å². The summed E-state index contributed by atoms with van der Waals surface area (Å²) in [5.41, 5.74) is 9.63. The Kier molecular flexibility index (Phi) is 7.24. The van der Waals surface area contributed by atoms with Gasteiger partial charge < -0.3 is 0 Å². The van der Waals surface area contributed by atoms with Crippen LogP contribution in [-0.4, -0.2) is 9.97 Å². The standard InChI is InChI=1S/C45H32N2/c1-3-4-18-36-30(2)41(27-34-16-8-10-19-37(34)36)43-29-44(42-28-35-17-9-11-20-38(35)39-21-12-13-22-40(39)42)47-45(46-43)33-25-23-32(24-26-33)31-14-6-5-7-15-31/h3-29H,1H2,2H3/b18-4-. The molecule has 0 aliphatic heterocycles. The predicted octanol–water partition coefficient (Wildman–Crippen LogP) is 12.1. The SMILES string of the molecule is C=C/C=C\c1c(C)c(-c2cc(-c3cc4ccccc4c4ccccc34)nc(-c3ccc(-c4ccccc4)cc3)n2)cc2ccccc12. The van der Waals surface area contributed by atoms with Crippen LogP contribution in [0.2, 0.25) is 0 Å². The van der Waals surface area contributed by atoms with Crippen molar-refractivity contribution in [1.29, 1.82) is 0 Å². The molecular formula is C45H32N2. The minimum Gasteiger partial charge on any atom is -0.228 e.